The van der Waals surface area contributed by atoms with Crippen LogP contribution in [0, 0.1) is 11.8 Å². The lowest BCUT2D eigenvalue weighted by Crippen LogP contribution is -2.23. The van der Waals surface area contributed by atoms with Gasteiger partial charge in [-0.15, -0.1) is 0 Å². The van der Waals surface area contributed by atoms with E-state index in [9.17, 15) is 9.18 Å². The third-order valence-corrected chi connectivity index (χ3v) is 3.14. The molecule has 0 bridgehead atoms. The molecule has 2 aliphatic rings. The summed E-state index contributed by atoms with van der Waals surface area (Å²) in [5.41, 5.74) is 0. The van der Waals surface area contributed by atoms with E-state index in [2.05, 4.69) is 5.32 Å². The first kappa shape index (κ1) is 8.02. The molecule has 1 heterocycles. The zero-order chi connectivity index (χ0) is 8.55. The molecule has 0 spiro atoms. The van der Waals surface area contributed by atoms with Gasteiger partial charge in [-0.05, 0) is 18.8 Å². The van der Waals surface area contributed by atoms with Crippen LogP contribution in [-0.4, -0.2) is 18.6 Å². The highest BCUT2D eigenvalue weighted by Crippen LogP contribution is 2.35. The first-order chi connectivity index (χ1) is 5.79. The number of alkyl halides is 1. The van der Waals surface area contributed by atoms with Gasteiger partial charge in [0.15, 0.2) is 6.17 Å². The molecule has 1 amide bonds. The van der Waals surface area contributed by atoms with Gasteiger partial charge >= 0.3 is 0 Å². The molecular weight excluding hydrogens is 157 g/mol. The summed E-state index contributed by atoms with van der Waals surface area (Å²) in [6, 6.07) is 0. The van der Waals surface area contributed by atoms with Crippen LogP contribution in [0.3, 0.4) is 0 Å². The molecule has 0 aromatic rings. The fraction of sp³-hybridized carbons (Fsp3) is 0.889. The Labute approximate surface area is 71.5 Å². The monoisotopic (exact) mass is 171 g/mol. The molecule has 1 saturated heterocycles. The molecule has 2 atom stereocenters. The minimum atomic E-state index is -1.23. The minimum absolute atomic E-state index is 0.0278. The molecule has 1 N–H and O–H groups in total. The lowest BCUT2D eigenvalue weighted by molar-refractivity contribution is -0.124. The Morgan fingerprint density at radius 1 is 1.33 bits per heavy atom. The molecule has 1 saturated carbocycles. The lowest BCUT2D eigenvalue weighted by Gasteiger charge is -2.17. The number of hydrogen-bond acceptors (Lipinski definition) is 1. The summed E-state index contributed by atoms with van der Waals surface area (Å²) in [5.74, 6) is 0.0332. The Hall–Kier alpha value is -0.600. The van der Waals surface area contributed by atoms with Gasteiger partial charge in [0, 0.05) is 12.5 Å². The molecule has 2 fully saturated rings. The van der Waals surface area contributed by atoms with Crippen LogP contribution in [0.15, 0.2) is 0 Å². The molecule has 1 aliphatic carbocycles. The number of nitrogens with one attached hydrogen (secondary N) is 1. The summed E-state index contributed by atoms with van der Waals surface area (Å²) >= 11 is 0. The summed E-state index contributed by atoms with van der Waals surface area (Å²) in [6.07, 6.45) is 3.41. The maximum atomic E-state index is 13.2. The molecule has 2 rings (SSSR count). The van der Waals surface area contributed by atoms with Crippen molar-refractivity contribution in [3.63, 3.8) is 0 Å². The summed E-state index contributed by atoms with van der Waals surface area (Å²) < 4.78 is 13.2. The second-order valence-electron chi connectivity index (χ2n) is 3.86. The predicted molar refractivity (Wildman–Crippen MR) is 43.4 cm³/mol. The molecule has 0 aromatic heterocycles. The molecule has 68 valence electrons. The number of carbonyl (C=O) groups excluding carboxylic acids is 1. The second kappa shape index (κ2) is 3.04. The highest BCUT2D eigenvalue weighted by atomic mass is 19.1. The van der Waals surface area contributed by atoms with Gasteiger partial charge in [-0.1, -0.05) is 12.8 Å². The van der Waals surface area contributed by atoms with Crippen LogP contribution in [0.4, 0.5) is 4.39 Å². The Kier molecular flexibility index (Phi) is 2.03. The van der Waals surface area contributed by atoms with Crippen molar-refractivity contribution in [3.05, 3.63) is 0 Å². The molecule has 0 unspecified atom stereocenters. The van der Waals surface area contributed by atoms with Crippen LogP contribution in [0.25, 0.3) is 0 Å². The number of hydrogen-bond donors (Lipinski definition) is 1. The first-order valence-electron chi connectivity index (χ1n) is 4.71. The second-order valence-corrected chi connectivity index (χ2v) is 3.86. The fourth-order valence-electron chi connectivity index (χ4n) is 2.41. The molecule has 1 aliphatic heterocycles. The SMILES string of the molecule is O=C1NC[C@H](C2CCCC2)[C@H]1F. The van der Waals surface area contributed by atoms with Crippen LogP contribution in [0.5, 0.6) is 0 Å². The van der Waals surface area contributed by atoms with E-state index < -0.39 is 12.1 Å². The third-order valence-electron chi connectivity index (χ3n) is 3.14. The average Bonchev–Trinajstić information content (AvgIpc) is 2.64. The molecule has 12 heavy (non-hydrogen) atoms. The quantitative estimate of drug-likeness (QED) is 0.632. The number of amides is 1. The summed E-state index contributed by atoms with van der Waals surface area (Å²) in [4.78, 5) is 10.9. The van der Waals surface area contributed by atoms with Gasteiger partial charge in [-0.3, -0.25) is 4.79 Å². The molecular formula is C9H14FNO. The van der Waals surface area contributed by atoms with E-state index in [4.69, 9.17) is 0 Å². The van der Waals surface area contributed by atoms with Gasteiger partial charge in [0.25, 0.3) is 5.91 Å². The highest BCUT2D eigenvalue weighted by Gasteiger charge is 2.40. The van der Waals surface area contributed by atoms with E-state index in [0.29, 0.717) is 12.5 Å². The predicted octanol–water partition coefficient (Wildman–Crippen LogP) is 1.26. The van der Waals surface area contributed by atoms with Gasteiger partial charge in [0.05, 0.1) is 0 Å². The Morgan fingerprint density at radius 3 is 2.50 bits per heavy atom. The summed E-state index contributed by atoms with van der Waals surface area (Å²) in [7, 11) is 0. The van der Waals surface area contributed by atoms with E-state index in [0.717, 1.165) is 12.8 Å². The lowest BCUT2D eigenvalue weighted by atomic mass is 9.89. The largest absolute Gasteiger partial charge is 0.353 e. The van der Waals surface area contributed by atoms with Crippen molar-refractivity contribution >= 4 is 5.91 Å². The van der Waals surface area contributed by atoms with E-state index >= 15 is 0 Å². The Balaban J connectivity index is 1.99. The maximum Gasteiger partial charge on any atom is 0.254 e. The van der Waals surface area contributed by atoms with Crippen LogP contribution in [0.2, 0.25) is 0 Å². The van der Waals surface area contributed by atoms with E-state index in [1.165, 1.54) is 12.8 Å². The zero-order valence-corrected chi connectivity index (χ0v) is 7.05. The smallest absolute Gasteiger partial charge is 0.254 e. The van der Waals surface area contributed by atoms with E-state index in [-0.39, 0.29) is 5.92 Å². The normalized spacial score (nSPS) is 37.2. The van der Waals surface area contributed by atoms with Crippen molar-refractivity contribution in [1.29, 1.82) is 0 Å². The van der Waals surface area contributed by atoms with Crippen LogP contribution < -0.4 is 5.32 Å². The van der Waals surface area contributed by atoms with Crippen molar-refractivity contribution in [3.8, 4) is 0 Å². The number of carbonyl (C=O) groups is 1. The molecule has 2 nitrogen and oxygen atoms in total. The molecule has 0 radical (unpaired) electrons. The maximum absolute atomic E-state index is 13.2. The highest BCUT2D eigenvalue weighted by molar-refractivity contribution is 5.83. The van der Waals surface area contributed by atoms with Gasteiger partial charge in [0.2, 0.25) is 0 Å². The molecule has 0 aromatic carbocycles. The van der Waals surface area contributed by atoms with Gasteiger partial charge in [-0.2, -0.15) is 0 Å². The van der Waals surface area contributed by atoms with Crippen molar-refractivity contribution < 1.29 is 9.18 Å². The van der Waals surface area contributed by atoms with Crippen LogP contribution in [-0.2, 0) is 4.79 Å². The van der Waals surface area contributed by atoms with Gasteiger partial charge in [0.1, 0.15) is 0 Å². The van der Waals surface area contributed by atoms with Crippen molar-refractivity contribution in [2.75, 3.05) is 6.54 Å². The first-order valence-corrected chi connectivity index (χ1v) is 4.71. The zero-order valence-electron chi connectivity index (χ0n) is 7.05. The van der Waals surface area contributed by atoms with Crippen LogP contribution in [0.1, 0.15) is 25.7 Å². The Bertz CT molecular complexity index is 189. The molecule has 3 heteroatoms. The van der Waals surface area contributed by atoms with Crippen molar-refractivity contribution in [2.45, 2.75) is 31.9 Å². The summed E-state index contributed by atoms with van der Waals surface area (Å²) in [5, 5.41) is 2.58. The topological polar surface area (TPSA) is 29.1 Å². The number of halogens is 1. The summed E-state index contributed by atoms with van der Waals surface area (Å²) in [6.45, 7) is 0.560. The van der Waals surface area contributed by atoms with Gasteiger partial charge in [-0.25, -0.2) is 4.39 Å². The van der Waals surface area contributed by atoms with Crippen LogP contribution >= 0.6 is 0 Å². The number of rotatable bonds is 1. The third kappa shape index (κ3) is 1.21. The van der Waals surface area contributed by atoms with Crippen molar-refractivity contribution in [1.82, 2.24) is 5.32 Å². The van der Waals surface area contributed by atoms with E-state index in [1.807, 2.05) is 0 Å². The minimum Gasteiger partial charge on any atom is -0.353 e. The standard InChI is InChI=1S/C9H14FNO/c10-8-7(5-11-9(8)12)6-3-1-2-4-6/h6-8H,1-5H2,(H,11,12)/t7-,8-/m1/s1. The average molecular weight is 171 g/mol. The van der Waals surface area contributed by atoms with Gasteiger partial charge < -0.3 is 5.32 Å². The fourth-order valence-corrected chi connectivity index (χ4v) is 2.41. The van der Waals surface area contributed by atoms with Crippen molar-refractivity contribution in [2.24, 2.45) is 11.8 Å². The van der Waals surface area contributed by atoms with E-state index in [1.54, 1.807) is 0 Å². The Morgan fingerprint density at radius 2 is 2.00 bits per heavy atom.